The van der Waals surface area contributed by atoms with E-state index in [2.05, 4.69) is 21.0 Å². The summed E-state index contributed by atoms with van der Waals surface area (Å²) < 4.78 is 0. The molecule has 1 amide bonds. The van der Waals surface area contributed by atoms with Crippen molar-refractivity contribution in [2.45, 2.75) is 6.42 Å². The molecule has 0 saturated carbocycles. The molecule has 0 spiro atoms. The molecule has 6 heteroatoms. The van der Waals surface area contributed by atoms with Crippen molar-refractivity contribution >= 4 is 11.7 Å². The van der Waals surface area contributed by atoms with Gasteiger partial charge in [0.25, 0.3) is 0 Å². The molecule has 1 aliphatic heterocycles. The molecule has 0 aliphatic carbocycles. The molecule has 0 bridgehead atoms. The maximum atomic E-state index is 10.2. The molecule has 2 N–H and O–H groups in total. The van der Waals surface area contributed by atoms with Gasteiger partial charge in [0.2, 0.25) is 5.91 Å². The third-order valence-corrected chi connectivity index (χ3v) is 0.693. The summed E-state index contributed by atoms with van der Waals surface area (Å²) in [4.78, 5) is 10.2. The van der Waals surface area contributed by atoms with Gasteiger partial charge >= 0.3 is 0 Å². The van der Waals surface area contributed by atoms with Crippen LogP contribution in [0.4, 0.5) is 0 Å². The summed E-state index contributed by atoms with van der Waals surface area (Å²) in [6.07, 6.45) is 0.00694. The maximum absolute atomic E-state index is 10.2. The molecule has 1 heterocycles. The standard InChI is InChI=1S/C3H4N5O/c4-2(9)1-3-5-7-8-6-3/h1H2,(H2,4,9). The van der Waals surface area contributed by atoms with E-state index in [-0.39, 0.29) is 12.3 Å². The average molecular weight is 126 g/mol. The molecule has 1 aliphatic rings. The Morgan fingerprint density at radius 2 is 2.33 bits per heavy atom. The highest BCUT2D eigenvalue weighted by Crippen LogP contribution is 1.93. The van der Waals surface area contributed by atoms with E-state index in [0.29, 0.717) is 0 Å². The Hall–Kier alpha value is -1.46. The van der Waals surface area contributed by atoms with Crippen LogP contribution in [0.2, 0.25) is 0 Å². The fraction of sp³-hybridized carbons (Fsp3) is 0.333. The number of primary amides is 1. The van der Waals surface area contributed by atoms with Crippen molar-refractivity contribution in [3.63, 3.8) is 0 Å². The van der Waals surface area contributed by atoms with Crippen molar-refractivity contribution in [2.24, 2.45) is 21.3 Å². The van der Waals surface area contributed by atoms with E-state index in [1.54, 1.807) is 0 Å². The van der Waals surface area contributed by atoms with Gasteiger partial charge in [0.1, 0.15) is 0 Å². The van der Waals surface area contributed by atoms with Gasteiger partial charge in [0, 0.05) is 0 Å². The Kier molecular flexibility index (Phi) is 1.39. The van der Waals surface area contributed by atoms with Crippen LogP contribution in [0.3, 0.4) is 0 Å². The number of rotatable bonds is 2. The lowest BCUT2D eigenvalue weighted by Gasteiger charge is -1.87. The lowest BCUT2D eigenvalue weighted by Crippen LogP contribution is -2.19. The zero-order valence-electron chi connectivity index (χ0n) is 4.48. The topological polar surface area (TPSA) is 94.3 Å². The lowest BCUT2D eigenvalue weighted by molar-refractivity contribution is -0.116. The van der Waals surface area contributed by atoms with Gasteiger partial charge in [-0.05, 0) is 10.4 Å². The van der Waals surface area contributed by atoms with E-state index >= 15 is 0 Å². The molecule has 1 radical (unpaired) electrons. The summed E-state index contributed by atoms with van der Waals surface area (Å²) in [6, 6.07) is 0. The first kappa shape index (κ1) is 5.67. The first-order valence-corrected chi connectivity index (χ1v) is 2.25. The summed E-state index contributed by atoms with van der Waals surface area (Å²) in [5.41, 5.74) is 8.19. The SMILES string of the molecule is NC(=O)CC1=NN=N[N]1. The Morgan fingerprint density at radius 3 is 2.78 bits per heavy atom. The number of carbonyl (C=O) groups excluding carboxylic acids is 1. The van der Waals surface area contributed by atoms with Crippen LogP contribution in [0.15, 0.2) is 15.5 Å². The molecular formula is C3H4N5O. The van der Waals surface area contributed by atoms with Crippen molar-refractivity contribution in [2.75, 3.05) is 0 Å². The van der Waals surface area contributed by atoms with Crippen LogP contribution < -0.4 is 11.2 Å². The van der Waals surface area contributed by atoms with Gasteiger partial charge in [0.15, 0.2) is 5.84 Å². The zero-order valence-corrected chi connectivity index (χ0v) is 4.48. The zero-order chi connectivity index (χ0) is 6.69. The third-order valence-electron chi connectivity index (χ3n) is 0.693. The second-order valence-corrected chi connectivity index (χ2v) is 1.44. The number of carbonyl (C=O) groups is 1. The quantitative estimate of drug-likeness (QED) is 0.513. The van der Waals surface area contributed by atoms with Crippen molar-refractivity contribution in [1.29, 1.82) is 0 Å². The van der Waals surface area contributed by atoms with Gasteiger partial charge < -0.3 is 5.73 Å². The number of hydrogen-bond donors (Lipinski definition) is 1. The second kappa shape index (κ2) is 2.21. The summed E-state index contributed by atoms with van der Waals surface area (Å²) in [7, 11) is 0. The number of amides is 1. The summed E-state index contributed by atoms with van der Waals surface area (Å²) in [5, 5.41) is 9.70. The molecule has 0 aromatic rings. The highest BCUT2D eigenvalue weighted by molar-refractivity contribution is 5.98. The highest BCUT2D eigenvalue weighted by atomic mass is 16.1. The Morgan fingerprint density at radius 1 is 1.56 bits per heavy atom. The van der Waals surface area contributed by atoms with Crippen LogP contribution in [-0.4, -0.2) is 11.7 Å². The fourth-order valence-corrected chi connectivity index (χ4v) is 0.390. The minimum Gasteiger partial charge on any atom is -0.369 e. The Balaban J connectivity index is 2.39. The highest BCUT2D eigenvalue weighted by Gasteiger charge is 2.07. The smallest absolute Gasteiger partial charge is 0.225 e. The predicted octanol–water partition coefficient (Wildman–Crippen LogP) is -0.840. The van der Waals surface area contributed by atoms with Crippen LogP contribution in [0.25, 0.3) is 0 Å². The lowest BCUT2D eigenvalue weighted by atomic mass is 10.4. The van der Waals surface area contributed by atoms with Crippen LogP contribution >= 0.6 is 0 Å². The molecular weight excluding hydrogens is 122 g/mol. The minimum atomic E-state index is -0.482. The maximum Gasteiger partial charge on any atom is 0.225 e. The van der Waals surface area contributed by atoms with Gasteiger partial charge in [-0.2, -0.15) is 0 Å². The van der Waals surface area contributed by atoms with E-state index in [9.17, 15) is 4.79 Å². The van der Waals surface area contributed by atoms with E-state index < -0.39 is 5.91 Å². The van der Waals surface area contributed by atoms with E-state index in [0.717, 1.165) is 0 Å². The third kappa shape index (κ3) is 1.48. The van der Waals surface area contributed by atoms with Gasteiger partial charge in [-0.15, -0.1) is 10.5 Å². The van der Waals surface area contributed by atoms with Crippen molar-refractivity contribution in [1.82, 2.24) is 5.43 Å². The van der Waals surface area contributed by atoms with E-state index in [4.69, 9.17) is 5.73 Å². The fourth-order valence-electron chi connectivity index (χ4n) is 0.390. The molecule has 0 unspecified atom stereocenters. The minimum absolute atomic E-state index is 0.00694. The van der Waals surface area contributed by atoms with E-state index in [1.165, 1.54) is 0 Å². The molecule has 0 fully saturated rings. The van der Waals surface area contributed by atoms with Gasteiger partial charge in [0.05, 0.1) is 6.42 Å². The average Bonchev–Trinajstić information content (AvgIpc) is 2.15. The molecule has 9 heavy (non-hydrogen) atoms. The van der Waals surface area contributed by atoms with Gasteiger partial charge in [-0.3, -0.25) is 4.79 Å². The molecule has 0 aromatic carbocycles. The van der Waals surface area contributed by atoms with Crippen LogP contribution in [-0.2, 0) is 4.79 Å². The summed E-state index contributed by atoms with van der Waals surface area (Å²) in [6.45, 7) is 0. The largest absolute Gasteiger partial charge is 0.369 e. The predicted molar refractivity (Wildman–Crippen MR) is 28.2 cm³/mol. The Labute approximate surface area is 50.8 Å². The monoisotopic (exact) mass is 126 g/mol. The van der Waals surface area contributed by atoms with Crippen molar-refractivity contribution < 1.29 is 4.79 Å². The molecule has 0 atom stereocenters. The van der Waals surface area contributed by atoms with Gasteiger partial charge in [-0.1, -0.05) is 0 Å². The number of amidine groups is 1. The number of nitrogens with zero attached hydrogens (tertiary/aromatic N) is 4. The normalized spacial score (nSPS) is 14.9. The van der Waals surface area contributed by atoms with Gasteiger partial charge in [-0.25, -0.2) is 0 Å². The summed E-state index contributed by atoms with van der Waals surface area (Å²) >= 11 is 0. The summed E-state index contributed by atoms with van der Waals surface area (Å²) in [5.74, 6) is -0.215. The molecule has 6 nitrogen and oxygen atoms in total. The first-order chi connectivity index (χ1) is 4.29. The van der Waals surface area contributed by atoms with Crippen LogP contribution in [0.5, 0.6) is 0 Å². The second-order valence-electron chi connectivity index (χ2n) is 1.44. The molecule has 0 aromatic heterocycles. The van der Waals surface area contributed by atoms with Crippen molar-refractivity contribution in [3.05, 3.63) is 0 Å². The molecule has 0 saturated heterocycles. The number of nitrogens with two attached hydrogens (primary N) is 1. The van der Waals surface area contributed by atoms with Crippen molar-refractivity contribution in [3.8, 4) is 0 Å². The van der Waals surface area contributed by atoms with Crippen LogP contribution in [0.1, 0.15) is 6.42 Å². The first-order valence-electron chi connectivity index (χ1n) is 2.25. The van der Waals surface area contributed by atoms with Crippen LogP contribution in [0, 0.1) is 0 Å². The number of hydrogen-bond acceptors (Lipinski definition) is 4. The molecule has 47 valence electrons. The Bertz CT molecular complexity index is 183. The molecule has 1 rings (SSSR count). The van der Waals surface area contributed by atoms with E-state index in [1.807, 2.05) is 0 Å².